The number of rotatable bonds is 6. The van der Waals surface area contributed by atoms with Crippen molar-refractivity contribution in [3.63, 3.8) is 0 Å². The van der Waals surface area contributed by atoms with Crippen molar-refractivity contribution in [3.8, 4) is 11.5 Å². The van der Waals surface area contributed by atoms with Crippen LogP contribution in [0.15, 0.2) is 0 Å². The van der Waals surface area contributed by atoms with Gasteiger partial charge >= 0.3 is 0 Å². The number of unbranched alkanes of at least 4 members (excludes halogenated alkanes) is 4. The van der Waals surface area contributed by atoms with Crippen LogP contribution in [0.5, 0.6) is 11.5 Å². The summed E-state index contributed by atoms with van der Waals surface area (Å²) in [4.78, 5) is 0. The lowest BCUT2D eigenvalue weighted by Crippen LogP contribution is -1.97. The maximum Gasteiger partial charge on any atom is 0.172 e. The summed E-state index contributed by atoms with van der Waals surface area (Å²) in [5.41, 5.74) is 0.898. The Hall–Kier alpha value is 1.01. The number of hydrogen-bond acceptors (Lipinski definition) is 2. The Labute approximate surface area is 149 Å². The van der Waals surface area contributed by atoms with Crippen molar-refractivity contribution in [1.82, 2.24) is 0 Å². The lowest BCUT2D eigenvalue weighted by Gasteiger charge is -2.13. The van der Waals surface area contributed by atoms with Gasteiger partial charge in [0.15, 0.2) is 11.5 Å². The van der Waals surface area contributed by atoms with Crippen LogP contribution in [0.25, 0.3) is 0 Å². The average Bonchev–Trinajstić information content (AvgIpc) is 2.37. The van der Waals surface area contributed by atoms with Crippen LogP contribution in [0, 0.1) is 10.7 Å². The first-order valence-electron chi connectivity index (χ1n) is 6.07. The second-order valence-electron chi connectivity index (χ2n) is 4.28. The van der Waals surface area contributed by atoms with Gasteiger partial charge in [0.25, 0.3) is 0 Å². The molecule has 1 aromatic carbocycles. The van der Waals surface area contributed by atoms with Gasteiger partial charge in [-0.25, -0.2) is 0 Å². The maximum absolute atomic E-state index is 10.0. The molecule has 0 aliphatic carbocycles. The molecule has 0 radical (unpaired) electrons. The zero-order chi connectivity index (χ0) is 13.7. The highest BCUT2D eigenvalue weighted by atomic mass is 127. The number of benzene rings is 1. The predicted molar refractivity (Wildman–Crippen MR) is 100 cm³/mol. The van der Waals surface area contributed by atoms with E-state index in [1.807, 2.05) is 0 Å². The molecule has 5 heteroatoms. The summed E-state index contributed by atoms with van der Waals surface area (Å²) in [7, 11) is 0. The molecule has 0 aliphatic heterocycles. The zero-order valence-corrected chi connectivity index (χ0v) is 16.7. The van der Waals surface area contributed by atoms with E-state index in [9.17, 15) is 10.2 Å². The zero-order valence-electron chi connectivity index (χ0n) is 10.3. The molecular formula is C13H17I3O2. The van der Waals surface area contributed by atoms with Crippen LogP contribution in [0.1, 0.15) is 44.6 Å². The van der Waals surface area contributed by atoms with E-state index in [0.717, 1.165) is 29.1 Å². The largest absolute Gasteiger partial charge is 0.504 e. The summed E-state index contributed by atoms with van der Waals surface area (Å²) >= 11 is 6.55. The highest BCUT2D eigenvalue weighted by molar-refractivity contribution is 14.1. The number of halogens is 3. The Morgan fingerprint density at radius 1 is 0.778 bits per heavy atom. The molecule has 1 aromatic rings. The average molecular weight is 586 g/mol. The molecule has 0 saturated carbocycles. The van der Waals surface area contributed by atoms with Gasteiger partial charge in [-0.2, -0.15) is 0 Å². The van der Waals surface area contributed by atoms with Crippen LogP contribution in [0.2, 0.25) is 0 Å². The van der Waals surface area contributed by atoms with E-state index in [4.69, 9.17) is 0 Å². The number of hydrogen-bond donors (Lipinski definition) is 2. The first-order valence-corrected chi connectivity index (χ1v) is 9.31. The quantitative estimate of drug-likeness (QED) is 0.203. The molecule has 0 aliphatic rings. The van der Waals surface area contributed by atoms with Crippen molar-refractivity contribution in [2.75, 3.05) is 0 Å². The van der Waals surface area contributed by atoms with Crippen LogP contribution in [0.3, 0.4) is 0 Å². The number of phenols is 2. The van der Waals surface area contributed by atoms with Gasteiger partial charge in [-0.05, 0) is 80.6 Å². The molecule has 0 heterocycles. The molecule has 0 fully saturated rings. The second kappa shape index (κ2) is 8.33. The monoisotopic (exact) mass is 586 g/mol. The van der Waals surface area contributed by atoms with Crippen molar-refractivity contribution in [2.24, 2.45) is 0 Å². The topological polar surface area (TPSA) is 40.5 Å². The molecule has 0 unspecified atom stereocenters. The van der Waals surface area contributed by atoms with Gasteiger partial charge in [-0.1, -0.05) is 32.6 Å². The second-order valence-corrected chi connectivity index (χ2v) is 7.52. The van der Waals surface area contributed by atoms with Gasteiger partial charge in [0.05, 0.1) is 3.57 Å². The Morgan fingerprint density at radius 3 is 2.00 bits per heavy atom. The fraction of sp³-hybridized carbons (Fsp3) is 0.538. The molecule has 102 valence electrons. The van der Waals surface area contributed by atoms with Crippen LogP contribution in [-0.2, 0) is 6.42 Å². The summed E-state index contributed by atoms with van der Waals surface area (Å²) in [6.45, 7) is 2.20. The van der Waals surface area contributed by atoms with E-state index in [1.54, 1.807) is 0 Å². The summed E-state index contributed by atoms with van der Waals surface area (Å²) in [5, 5.41) is 19.9. The smallest absolute Gasteiger partial charge is 0.172 e. The molecule has 18 heavy (non-hydrogen) atoms. The third kappa shape index (κ3) is 4.26. The Balaban J connectivity index is 2.77. The van der Waals surface area contributed by atoms with Crippen molar-refractivity contribution in [3.05, 3.63) is 16.3 Å². The normalized spacial score (nSPS) is 10.9. The third-order valence-electron chi connectivity index (χ3n) is 2.90. The minimum atomic E-state index is 0.0315. The molecule has 2 N–H and O–H groups in total. The van der Waals surface area contributed by atoms with Crippen molar-refractivity contribution >= 4 is 67.8 Å². The van der Waals surface area contributed by atoms with E-state index in [0.29, 0.717) is 0 Å². The molecule has 2 nitrogen and oxygen atoms in total. The van der Waals surface area contributed by atoms with Gasteiger partial charge in [-0.15, -0.1) is 0 Å². The molecule has 0 amide bonds. The minimum Gasteiger partial charge on any atom is -0.504 e. The predicted octanol–water partition coefficient (Wildman–Crippen LogP) is 5.42. The highest BCUT2D eigenvalue weighted by Gasteiger charge is 2.18. The van der Waals surface area contributed by atoms with Gasteiger partial charge in [0.1, 0.15) is 0 Å². The lowest BCUT2D eigenvalue weighted by molar-refractivity contribution is 0.395. The molecular weight excluding hydrogens is 569 g/mol. The standard InChI is InChI=1S/C13H17I3O2/c1-2-3-4-5-6-7-8-9(14)10(15)11(16)13(18)12(8)17/h17-18H,2-7H2,1H3. The van der Waals surface area contributed by atoms with Crippen molar-refractivity contribution in [1.29, 1.82) is 0 Å². The molecule has 1 rings (SSSR count). The minimum absolute atomic E-state index is 0.0315. The summed E-state index contributed by atoms with van der Waals surface area (Å²) in [6.07, 6.45) is 6.87. The van der Waals surface area contributed by atoms with Gasteiger partial charge in [0, 0.05) is 12.7 Å². The van der Waals surface area contributed by atoms with Gasteiger partial charge in [-0.3, -0.25) is 0 Å². The van der Waals surface area contributed by atoms with Crippen LogP contribution in [0.4, 0.5) is 0 Å². The summed E-state index contributed by atoms with van der Waals surface area (Å²) in [5.74, 6) is 0.101. The Morgan fingerprint density at radius 2 is 1.39 bits per heavy atom. The van der Waals surface area contributed by atoms with Crippen LogP contribution in [-0.4, -0.2) is 10.2 Å². The van der Waals surface area contributed by atoms with E-state index in [-0.39, 0.29) is 11.5 Å². The fourth-order valence-electron chi connectivity index (χ4n) is 1.82. The summed E-state index contributed by atoms with van der Waals surface area (Å²) < 4.78 is 2.85. The molecule has 0 bridgehead atoms. The van der Waals surface area contributed by atoms with Crippen LogP contribution >= 0.6 is 67.8 Å². The third-order valence-corrected chi connectivity index (χ3v) is 8.28. The highest BCUT2D eigenvalue weighted by Crippen LogP contribution is 2.41. The van der Waals surface area contributed by atoms with E-state index < -0.39 is 0 Å². The van der Waals surface area contributed by atoms with Crippen molar-refractivity contribution in [2.45, 2.75) is 45.4 Å². The molecule has 0 atom stereocenters. The van der Waals surface area contributed by atoms with Gasteiger partial charge < -0.3 is 10.2 Å². The van der Waals surface area contributed by atoms with E-state index in [1.165, 1.54) is 25.7 Å². The molecule has 0 saturated heterocycles. The SMILES string of the molecule is CCCCCCCc1c(O)c(O)c(I)c(I)c1I. The van der Waals surface area contributed by atoms with E-state index >= 15 is 0 Å². The number of phenolic OH excluding ortho intramolecular Hbond substituents is 2. The van der Waals surface area contributed by atoms with Crippen LogP contribution < -0.4 is 0 Å². The molecule has 0 aromatic heterocycles. The summed E-state index contributed by atoms with van der Waals surface area (Å²) in [6, 6.07) is 0. The first-order chi connectivity index (χ1) is 8.50. The first kappa shape index (κ1) is 17.1. The fourth-order valence-corrected chi connectivity index (χ4v) is 4.23. The van der Waals surface area contributed by atoms with Gasteiger partial charge in [0.2, 0.25) is 0 Å². The Kier molecular flexibility index (Phi) is 7.90. The Bertz CT molecular complexity index is 390. The number of aromatic hydroxyl groups is 2. The van der Waals surface area contributed by atoms with Crippen molar-refractivity contribution < 1.29 is 10.2 Å². The lowest BCUT2D eigenvalue weighted by atomic mass is 10.0. The maximum atomic E-state index is 10.0. The molecule has 0 spiro atoms. The van der Waals surface area contributed by atoms with E-state index in [2.05, 4.69) is 74.7 Å².